The van der Waals surface area contributed by atoms with Crippen LogP contribution in [0.4, 0.5) is 0 Å². The summed E-state index contributed by atoms with van der Waals surface area (Å²) in [7, 11) is 0. The molecule has 0 radical (unpaired) electrons. The van der Waals surface area contributed by atoms with Crippen molar-refractivity contribution < 1.29 is 59.6 Å². The van der Waals surface area contributed by atoms with Crippen molar-refractivity contribution in [3.05, 3.63) is 59.7 Å². The molecule has 1 aliphatic rings. The van der Waals surface area contributed by atoms with Crippen molar-refractivity contribution in [2.24, 2.45) is 0 Å². The molecule has 12 heteroatoms. The van der Waals surface area contributed by atoms with Crippen molar-refractivity contribution in [1.29, 1.82) is 0 Å². The van der Waals surface area contributed by atoms with Crippen LogP contribution in [0.15, 0.2) is 48.6 Å². The van der Waals surface area contributed by atoms with Gasteiger partial charge in [0.2, 0.25) is 0 Å². The smallest absolute Gasteiger partial charge is 0.335 e. The number of esters is 2. The summed E-state index contributed by atoms with van der Waals surface area (Å²) in [6, 6.07) is 7.50. The van der Waals surface area contributed by atoms with Gasteiger partial charge in [-0.25, -0.2) is 14.4 Å². The second-order valence-corrected chi connectivity index (χ2v) is 8.35. The number of benzene rings is 2. The average molecular weight is 516 g/mol. The maximum Gasteiger partial charge on any atom is 0.335 e. The van der Waals surface area contributed by atoms with Crippen LogP contribution in [0.3, 0.4) is 0 Å². The van der Waals surface area contributed by atoms with Crippen LogP contribution in [0.2, 0.25) is 0 Å². The van der Waals surface area contributed by atoms with Gasteiger partial charge in [0.1, 0.15) is 6.10 Å². The van der Waals surface area contributed by atoms with Crippen molar-refractivity contribution in [3.63, 3.8) is 0 Å². The summed E-state index contributed by atoms with van der Waals surface area (Å²) in [6.45, 7) is 0. The normalized spacial score (nSPS) is 23.7. The molecule has 0 heterocycles. The lowest BCUT2D eigenvalue weighted by Crippen LogP contribution is -2.58. The van der Waals surface area contributed by atoms with E-state index in [1.165, 1.54) is 42.5 Å². The molecule has 4 unspecified atom stereocenters. The minimum Gasteiger partial charge on any atom is -0.504 e. The van der Waals surface area contributed by atoms with Crippen molar-refractivity contribution in [2.75, 3.05) is 0 Å². The third kappa shape index (κ3) is 6.78. The van der Waals surface area contributed by atoms with Gasteiger partial charge in [-0.3, -0.25) is 0 Å². The Bertz CT molecular complexity index is 1250. The lowest BCUT2D eigenvalue weighted by molar-refractivity contribution is -0.204. The van der Waals surface area contributed by atoms with Crippen LogP contribution in [0.1, 0.15) is 24.0 Å². The van der Waals surface area contributed by atoms with Gasteiger partial charge in [-0.2, -0.15) is 0 Å². The standard InChI is InChI=1S/C25H24O12/c26-15-5-1-13(9-17(15)28)3-7-21(31)36-20-12-25(35,24(33)34)11-19(30)23(20)37-22(32)8-4-14-2-6-16(27)18(29)10-14/h1-10,19-20,23,26-30,35H,11-12H2,(H,33,34)/b7-3?,8-4-. The van der Waals surface area contributed by atoms with Crippen molar-refractivity contribution in [3.8, 4) is 23.0 Å². The number of aliphatic hydroxyl groups is 2. The average Bonchev–Trinajstić information content (AvgIpc) is 2.82. The number of carboxylic acid groups (broad SMARTS) is 1. The number of carbonyl (C=O) groups excluding carboxylic acids is 2. The summed E-state index contributed by atoms with van der Waals surface area (Å²) in [4.78, 5) is 36.3. The molecular formula is C25H24O12. The van der Waals surface area contributed by atoms with Crippen molar-refractivity contribution in [1.82, 2.24) is 0 Å². The Morgan fingerprint density at radius 1 is 0.784 bits per heavy atom. The fraction of sp³-hybridized carbons (Fsp3) is 0.240. The number of carboxylic acids is 1. The van der Waals surface area contributed by atoms with E-state index in [1.807, 2.05) is 0 Å². The number of phenolic OH excluding ortho intramolecular Hbond substituents is 4. The summed E-state index contributed by atoms with van der Waals surface area (Å²) in [5, 5.41) is 68.0. The van der Waals surface area contributed by atoms with Crippen LogP contribution in [-0.2, 0) is 23.9 Å². The first-order valence-corrected chi connectivity index (χ1v) is 10.8. The van der Waals surface area contributed by atoms with Gasteiger partial charge in [0.25, 0.3) is 0 Å². The van der Waals surface area contributed by atoms with Crippen LogP contribution < -0.4 is 0 Å². The number of hydrogen-bond donors (Lipinski definition) is 7. The van der Waals surface area contributed by atoms with Gasteiger partial charge in [0.05, 0.1) is 6.10 Å². The fourth-order valence-electron chi connectivity index (χ4n) is 3.66. The maximum absolute atomic E-state index is 12.4. The van der Waals surface area contributed by atoms with Crippen LogP contribution in [0.25, 0.3) is 12.2 Å². The third-order valence-corrected chi connectivity index (χ3v) is 5.57. The Kier molecular flexibility index (Phi) is 8.05. The Morgan fingerprint density at radius 3 is 1.73 bits per heavy atom. The highest BCUT2D eigenvalue weighted by Crippen LogP contribution is 2.33. The fourth-order valence-corrected chi connectivity index (χ4v) is 3.66. The summed E-state index contributed by atoms with van der Waals surface area (Å²) in [5.74, 6) is -5.29. The number of phenols is 4. The molecule has 2 aromatic rings. The lowest BCUT2D eigenvalue weighted by Gasteiger charge is -2.40. The maximum atomic E-state index is 12.4. The second-order valence-electron chi connectivity index (χ2n) is 8.35. The third-order valence-electron chi connectivity index (χ3n) is 5.57. The molecular weight excluding hydrogens is 492 g/mol. The van der Waals surface area contributed by atoms with E-state index in [9.17, 15) is 50.1 Å². The Balaban J connectivity index is 1.75. The molecule has 2 aromatic carbocycles. The topological polar surface area (TPSA) is 211 Å². The van der Waals surface area contributed by atoms with Gasteiger partial charge >= 0.3 is 17.9 Å². The molecule has 4 atom stereocenters. The summed E-state index contributed by atoms with van der Waals surface area (Å²) < 4.78 is 10.4. The summed E-state index contributed by atoms with van der Waals surface area (Å²) in [5.41, 5.74) is -1.82. The predicted octanol–water partition coefficient (Wildman–Crippen LogP) is 1.03. The van der Waals surface area contributed by atoms with Gasteiger partial charge in [-0.05, 0) is 47.5 Å². The quantitative estimate of drug-likeness (QED) is 0.156. The number of ether oxygens (including phenoxy) is 2. The molecule has 0 aromatic heterocycles. The number of aliphatic carboxylic acids is 1. The molecule has 0 aliphatic heterocycles. The Morgan fingerprint density at radius 2 is 1.27 bits per heavy atom. The minimum atomic E-state index is -2.46. The summed E-state index contributed by atoms with van der Waals surface area (Å²) >= 11 is 0. The van der Waals surface area contributed by atoms with Gasteiger partial charge in [0, 0.05) is 25.0 Å². The van der Waals surface area contributed by atoms with E-state index in [-0.39, 0.29) is 11.5 Å². The molecule has 1 saturated carbocycles. The predicted molar refractivity (Wildman–Crippen MR) is 125 cm³/mol. The number of aromatic hydroxyl groups is 4. The molecule has 0 bridgehead atoms. The number of rotatable bonds is 7. The molecule has 37 heavy (non-hydrogen) atoms. The second kappa shape index (κ2) is 11.0. The lowest BCUT2D eigenvalue weighted by atomic mass is 9.79. The van der Waals surface area contributed by atoms with E-state index in [1.54, 1.807) is 0 Å². The molecule has 7 N–H and O–H groups in total. The number of aliphatic hydroxyl groups excluding tert-OH is 1. The molecule has 0 amide bonds. The zero-order valence-corrected chi connectivity index (χ0v) is 19.1. The number of carbonyl (C=O) groups is 3. The van der Waals surface area contributed by atoms with Gasteiger partial charge in [0.15, 0.2) is 34.7 Å². The molecule has 12 nitrogen and oxygen atoms in total. The monoisotopic (exact) mass is 516 g/mol. The SMILES string of the molecule is O=C(C=Cc1ccc(O)c(O)c1)OC1CC(O)(C(=O)O)CC(O)C1OC(=O)/C=C\c1ccc(O)c(O)c1. The largest absolute Gasteiger partial charge is 0.504 e. The zero-order chi connectivity index (χ0) is 27.3. The molecule has 1 aliphatic carbocycles. The number of hydrogen-bond acceptors (Lipinski definition) is 11. The van der Waals surface area contributed by atoms with Crippen LogP contribution >= 0.6 is 0 Å². The first kappa shape index (κ1) is 27.0. The van der Waals surface area contributed by atoms with E-state index in [4.69, 9.17) is 9.47 Å². The highest BCUT2D eigenvalue weighted by atomic mass is 16.6. The molecule has 0 spiro atoms. The molecule has 0 saturated heterocycles. The van der Waals surface area contributed by atoms with Crippen LogP contribution in [0.5, 0.6) is 23.0 Å². The summed E-state index contributed by atoms with van der Waals surface area (Å²) in [6.07, 6.45) is -1.86. The van der Waals surface area contributed by atoms with E-state index >= 15 is 0 Å². The van der Waals surface area contributed by atoms with E-state index in [0.717, 1.165) is 18.2 Å². The molecule has 196 valence electrons. The first-order chi connectivity index (χ1) is 17.4. The van der Waals surface area contributed by atoms with Gasteiger partial charge < -0.3 is 45.2 Å². The Labute approximate surface area is 209 Å². The highest BCUT2D eigenvalue weighted by Gasteiger charge is 2.52. The molecule has 1 fully saturated rings. The van der Waals surface area contributed by atoms with Crippen molar-refractivity contribution >= 4 is 30.1 Å². The molecule has 3 rings (SSSR count). The van der Waals surface area contributed by atoms with E-state index < -0.39 is 66.2 Å². The van der Waals surface area contributed by atoms with Gasteiger partial charge in [-0.1, -0.05) is 12.1 Å². The zero-order valence-electron chi connectivity index (χ0n) is 19.1. The van der Waals surface area contributed by atoms with Gasteiger partial charge in [-0.15, -0.1) is 0 Å². The Hall–Kier alpha value is -4.55. The van der Waals surface area contributed by atoms with Crippen LogP contribution in [0, 0.1) is 0 Å². The first-order valence-electron chi connectivity index (χ1n) is 10.8. The minimum absolute atomic E-state index is 0.311. The van der Waals surface area contributed by atoms with Crippen LogP contribution in [-0.4, -0.2) is 77.6 Å². The highest BCUT2D eigenvalue weighted by molar-refractivity contribution is 5.88. The van der Waals surface area contributed by atoms with Crippen molar-refractivity contribution in [2.45, 2.75) is 36.8 Å². The van der Waals surface area contributed by atoms with E-state index in [2.05, 4.69) is 0 Å². The van der Waals surface area contributed by atoms with E-state index in [0.29, 0.717) is 11.1 Å².